The minimum atomic E-state index is -0.362. The van der Waals surface area contributed by atoms with E-state index >= 15 is 0 Å². The summed E-state index contributed by atoms with van der Waals surface area (Å²) in [6.07, 6.45) is 3.31. The molecule has 0 saturated carbocycles. The molecule has 0 unspecified atom stereocenters. The molecule has 5 aromatic rings. The van der Waals surface area contributed by atoms with Gasteiger partial charge in [-0.15, -0.1) is 11.0 Å². The molecule has 0 spiro atoms. The van der Waals surface area contributed by atoms with Gasteiger partial charge in [-0.1, -0.05) is 48.4 Å². The number of aromatic nitrogens is 4. The van der Waals surface area contributed by atoms with Crippen molar-refractivity contribution in [3.63, 3.8) is 0 Å². The molecule has 0 saturated heterocycles. The van der Waals surface area contributed by atoms with Gasteiger partial charge in [0.05, 0.1) is 22.8 Å². The lowest BCUT2D eigenvalue weighted by Gasteiger charge is -2.19. The lowest BCUT2D eigenvalue weighted by Crippen LogP contribution is -2.28. The van der Waals surface area contributed by atoms with E-state index in [1.165, 1.54) is 4.52 Å². The quantitative estimate of drug-likeness (QED) is 0.399. The minimum Gasteiger partial charge on any atom is -0.381 e. The zero-order chi connectivity index (χ0) is 23.7. The van der Waals surface area contributed by atoms with Gasteiger partial charge >= 0.3 is 0 Å². The zero-order valence-electron chi connectivity index (χ0n) is 18.8. The number of hydrogen-bond donors (Lipinski definition) is 2. The Hall–Kier alpha value is -4.70. The molecule has 7 nitrogen and oxygen atoms in total. The highest BCUT2D eigenvalue weighted by atomic mass is 16.1. The number of anilines is 1. The molecule has 34 heavy (non-hydrogen) atoms. The van der Waals surface area contributed by atoms with Crippen LogP contribution in [0.2, 0.25) is 0 Å². The van der Waals surface area contributed by atoms with E-state index in [0.717, 1.165) is 33.3 Å². The molecule has 0 aliphatic heterocycles. The number of carbonyl (C=O) groups excluding carboxylic acids is 1. The van der Waals surface area contributed by atoms with Crippen molar-refractivity contribution in [3.8, 4) is 23.1 Å². The van der Waals surface area contributed by atoms with Crippen molar-refractivity contribution in [3.05, 3.63) is 89.7 Å². The molecule has 7 heteroatoms. The van der Waals surface area contributed by atoms with E-state index < -0.39 is 0 Å². The second kappa shape index (κ2) is 8.68. The third-order valence-electron chi connectivity index (χ3n) is 5.65. The summed E-state index contributed by atoms with van der Waals surface area (Å²) in [6.45, 7) is 3.74. The number of hydrogen-bond acceptors (Lipinski definition) is 5. The first-order chi connectivity index (χ1) is 16.6. The number of pyridine rings is 1. The molecule has 3 aromatic heterocycles. The first kappa shape index (κ1) is 21.2. The second-order valence-electron chi connectivity index (χ2n) is 7.89. The van der Waals surface area contributed by atoms with Crippen LogP contribution in [0.5, 0.6) is 0 Å². The first-order valence-electron chi connectivity index (χ1n) is 10.9. The Labute approximate surface area is 196 Å². The summed E-state index contributed by atoms with van der Waals surface area (Å²) in [6, 6.07) is 19.3. The fourth-order valence-corrected chi connectivity index (χ4v) is 4.08. The fraction of sp³-hybridized carbons (Fsp3) is 0.111. The van der Waals surface area contributed by atoms with E-state index in [2.05, 4.69) is 33.3 Å². The highest BCUT2D eigenvalue weighted by molar-refractivity contribution is 6.04. The molecule has 0 fully saturated rings. The Morgan fingerprint density at radius 1 is 1.12 bits per heavy atom. The van der Waals surface area contributed by atoms with Gasteiger partial charge in [0, 0.05) is 28.9 Å². The fourth-order valence-electron chi connectivity index (χ4n) is 4.08. The average molecular weight is 447 g/mol. The summed E-state index contributed by atoms with van der Waals surface area (Å²) in [7, 11) is 0. The van der Waals surface area contributed by atoms with Gasteiger partial charge in [-0.3, -0.25) is 4.79 Å². The molecular formula is C27H22N6O. The Morgan fingerprint density at radius 2 is 1.94 bits per heavy atom. The lowest BCUT2D eigenvalue weighted by atomic mass is 9.97. The van der Waals surface area contributed by atoms with Gasteiger partial charge in [-0.25, -0.2) is 14.5 Å². The van der Waals surface area contributed by atoms with Crippen molar-refractivity contribution < 1.29 is 4.79 Å². The first-order valence-corrected chi connectivity index (χ1v) is 10.9. The Kier molecular flexibility index (Phi) is 5.40. The predicted octanol–water partition coefficient (Wildman–Crippen LogP) is 4.39. The van der Waals surface area contributed by atoms with Gasteiger partial charge in [0.25, 0.3) is 5.91 Å². The van der Waals surface area contributed by atoms with E-state index in [4.69, 9.17) is 10.7 Å². The molecule has 5 rings (SSSR count). The summed E-state index contributed by atoms with van der Waals surface area (Å²) in [5.41, 5.74) is 11.0. The summed E-state index contributed by atoms with van der Waals surface area (Å²) in [5.74, 6) is 5.89. The van der Waals surface area contributed by atoms with Gasteiger partial charge in [-0.2, -0.15) is 0 Å². The van der Waals surface area contributed by atoms with Crippen molar-refractivity contribution in [2.24, 2.45) is 0 Å². The van der Waals surface area contributed by atoms with Crippen LogP contribution in [0.3, 0.4) is 0 Å². The van der Waals surface area contributed by atoms with Gasteiger partial charge in [0.15, 0.2) is 11.5 Å². The molecule has 2 aromatic carbocycles. The number of amides is 1. The van der Waals surface area contributed by atoms with Crippen molar-refractivity contribution >= 4 is 28.3 Å². The number of rotatable bonds is 4. The molecule has 0 aliphatic rings. The standard InChI is InChI=1S/C27H22N6O/c1-3-9-18-12-7-13-20-16-21(24(31-23(18)20)19-10-5-4-6-11-19)17(2)30-27(34)22-25(28)32-33-15-8-14-29-26(22)33/h4-8,10-17H,1-2H3,(H2,28,32)(H,30,34)/t17-/m1/s1. The molecule has 3 N–H and O–H groups in total. The largest absolute Gasteiger partial charge is 0.381 e. The molecule has 1 atom stereocenters. The zero-order valence-corrected chi connectivity index (χ0v) is 18.8. The summed E-state index contributed by atoms with van der Waals surface area (Å²) < 4.78 is 1.50. The van der Waals surface area contributed by atoms with E-state index in [0.29, 0.717) is 5.65 Å². The summed E-state index contributed by atoms with van der Waals surface area (Å²) in [5, 5.41) is 8.21. The lowest BCUT2D eigenvalue weighted by molar-refractivity contribution is 0.0942. The Morgan fingerprint density at radius 3 is 2.74 bits per heavy atom. The van der Waals surface area contributed by atoms with Crippen molar-refractivity contribution in [1.82, 2.24) is 24.9 Å². The van der Waals surface area contributed by atoms with Crippen LogP contribution in [0.1, 0.15) is 41.4 Å². The highest BCUT2D eigenvalue weighted by Gasteiger charge is 2.23. The van der Waals surface area contributed by atoms with E-state index in [1.807, 2.05) is 62.4 Å². The van der Waals surface area contributed by atoms with Crippen LogP contribution in [-0.2, 0) is 0 Å². The monoisotopic (exact) mass is 446 g/mol. The number of benzene rings is 2. The van der Waals surface area contributed by atoms with Gasteiger partial charge in [0.1, 0.15) is 5.56 Å². The van der Waals surface area contributed by atoms with Crippen LogP contribution < -0.4 is 11.1 Å². The molecule has 0 radical (unpaired) electrons. The number of carbonyl (C=O) groups is 1. The Balaban J connectivity index is 1.61. The van der Waals surface area contributed by atoms with E-state index in [1.54, 1.807) is 18.5 Å². The molecule has 0 aliphatic carbocycles. The van der Waals surface area contributed by atoms with Gasteiger partial charge in [-0.05, 0) is 32.0 Å². The maximum absolute atomic E-state index is 13.3. The Bertz CT molecular complexity index is 1590. The second-order valence-corrected chi connectivity index (χ2v) is 7.89. The van der Waals surface area contributed by atoms with Crippen LogP contribution in [0.15, 0.2) is 73.1 Å². The predicted molar refractivity (Wildman–Crippen MR) is 133 cm³/mol. The molecule has 3 heterocycles. The maximum Gasteiger partial charge on any atom is 0.259 e. The van der Waals surface area contributed by atoms with Gasteiger partial charge < -0.3 is 11.1 Å². The molecule has 166 valence electrons. The van der Waals surface area contributed by atoms with Crippen molar-refractivity contribution in [2.75, 3.05) is 5.73 Å². The van der Waals surface area contributed by atoms with Gasteiger partial charge in [0.2, 0.25) is 0 Å². The number of nitrogens with zero attached hydrogens (tertiary/aromatic N) is 4. The van der Waals surface area contributed by atoms with Crippen LogP contribution in [0, 0.1) is 11.8 Å². The average Bonchev–Trinajstić information content (AvgIpc) is 3.20. The number of nitrogen functional groups attached to an aromatic ring is 1. The SMILES string of the molecule is CC#Cc1cccc2cc([C@@H](C)NC(=O)c3c(N)nn4cccnc34)c(-c3ccccc3)nc12. The third-order valence-corrected chi connectivity index (χ3v) is 5.65. The highest BCUT2D eigenvalue weighted by Crippen LogP contribution is 2.31. The number of para-hydroxylation sites is 1. The van der Waals surface area contributed by atoms with E-state index in [9.17, 15) is 4.79 Å². The van der Waals surface area contributed by atoms with Crippen molar-refractivity contribution in [1.29, 1.82) is 0 Å². The number of nitrogens with one attached hydrogen (secondary N) is 1. The van der Waals surface area contributed by atoms with Crippen molar-refractivity contribution in [2.45, 2.75) is 19.9 Å². The summed E-state index contributed by atoms with van der Waals surface area (Å²) >= 11 is 0. The number of fused-ring (bicyclic) bond motifs is 2. The molecule has 0 bridgehead atoms. The normalized spacial score (nSPS) is 11.7. The molecular weight excluding hydrogens is 424 g/mol. The van der Waals surface area contributed by atoms with Crippen LogP contribution in [-0.4, -0.2) is 25.5 Å². The smallest absolute Gasteiger partial charge is 0.259 e. The van der Waals surface area contributed by atoms with Crippen LogP contribution >= 0.6 is 0 Å². The van der Waals surface area contributed by atoms with Crippen LogP contribution in [0.4, 0.5) is 5.82 Å². The minimum absolute atomic E-state index is 0.131. The number of nitrogens with two attached hydrogens (primary N) is 1. The third kappa shape index (κ3) is 3.71. The van der Waals surface area contributed by atoms with Crippen LogP contribution in [0.25, 0.3) is 27.8 Å². The maximum atomic E-state index is 13.3. The molecule has 1 amide bonds. The topological polar surface area (TPSA) is 98.2 Å². The summed E-state index contributed by atoms with van der Waals surface area (Å²) in [4.78, 5) is 22.5. The van der Waals surface area contributed by atoms with E-state index in [-0.39, 0.29) is 23.3 Å².